The van der Waals surface area contributed by atoms with Gasteiger partial charge in [-0.05, 0) is 25.0 Å². The molecule has 0 saturated carbocycles. The van der Waals surface area contributed by atoms with Crippen molar-refractivity contribution in [3.63, 3.8) is 0 Å². The number of fused-ring (bicyclic) bond motifs is 2. The second-order valence-corrected chi connectivity index (χ2v) is 8.75. The summed E-state index contributed by atoms with van der Waals surface area (Å²) in [7, 11) is 0. The van der Waals surface area contributed by atoms with Crippen LogP contribution < -0.4 is 4.90 Å². The van der Waals surface area contributed by atoms with E-state index in [1.165, 1.54) is 11.8 Å². The minimum atomic E-state index is -1.29. The minimum absolute atomic E-state index is 0.0257. The minimum Gasteiger partial charge on any atom is -0.300 e. The van der Waals surface area contributed by atoms with E-state index in [9.17, 15) is 19.2 Å². The van der Waals surface area contributed by atoms with Crippen LogP contribution in [0, 0.1) is 11.8 Å². The van der Waals surface area contributed by atoms with E-state index in [0.29, 0.717) is 29.7 Å². The molecular formula is C27H27NO4. The Bertz CT molecular complexity index is 1130. The fraction of sp³-hybridized carbons (Fsp3) is 0.333. The third-order valence-corrected chi connectivity index (χ3v) is 6.83. The number of ketones is 2. The molecule has 2 amide bonds. The summed E-state index contributed by atoms with van der Waals surface area (Å²) in [6.45, 7) is 5.10. The number of amides is 2. The van der Waals surface area contributed by atoms with E-state index in [2.05, 4.69) is 0 Å². The van der Waals surface area contributed by atoms with Crippen LogP contribution in [-0.2, 0) is 19.8 Å². The van der Waals surface area contributed by atoms with Crippen molar-refractivity contribution in [1.82, 2.24) is 0 Å². The molecule has 3 atom stereocenters. The molecule has 2 aromatic rings. The molecule has 0 unspecified atom stereocenters. The average molecular weight is 430 g/mol. The topological polar surface area (TPSA) is 71.5 Å². The zero-order chi connectivity index (χ0) is 23.0. The molecule has 1 heterocycles. The molecule has 2 aliphatic rings. The van der Waals surface area contributed by atoms with Gasteiger partial charge in [0.15, 0.2) is 5.78 Å². The molecule has 0 bridgehead atoms. The van der Waals surface area contributed by atoms with Gasteiger partial charge in [0, 0.05) is 37.2 Å². The Morgan fingerprint density at radius 1 is 1.03 bits per heavy atom. The molecule has 0 radical (unpaired) electrons. The summed E-state index contributed by atoms with van der Waals surface area (Å²) in [5.41, 5.74) is 1.38. The van der Waals surface area contributed by atoms with Gasteiger partial charge in [0.1, 0.15) is 5.78 Å². The van der Waals surface area contributed by atoms with Gasteiger partial charge in [0.2, 0.25) is 11.8 Å². The summed E-state index contributed by atoms with van der Waals surface area (Å²) in [5.74, 6) is -2.12. The Labute approximate surface area is 188 Å². The lowest BCUT2D eigenvalue weighted by Gasteiger charge is -2.44. The fourth-order valence-corrected chi connectivity index (χ4v) is 5.43. The molecular weight excluding hydrogens is 402 g/mol. The number of imide groups is 1. The smallest absolute Gasteiger partial charge is 0.245 e. The van der Waals surface area contributed by atoms with Crippen molar-refractivity contribution >= 4 is 29.1 Å². The van der Waals surface area contributed by atoms with Gasteiger partial charge in [-0.3, -0.25) is 19.2 Å². The third-order valence-electron chi connectivity index (χ3n) is 6.83. The van der Waals surface area contributed by atoms with Crippen molar-refractivity contribution in [2.45, 2.75) is 45.4 Å². The number of Topliss-reactive ketones (excluding diaryl/α,β-unsaturated/α-hetero) is 2. The van der Waals surface area contributed by atoms with Crippen LogP contribution in [0.25, 0.3) is 0 Å². The number of benzene rings is 2. The molecule has 1 spiro atoms. The molecule has 2 aromatic carbocycles. The number of nitrogens with zero attached hydrogens (tertiary/aromatic N) is 1. The summed E-state index contributed by atoms with van der Waals surface area (Å²) < 4.78 is 0. The van der Waals surface area contributed by atoms with Crippen molar-refractivity contribution in [2.75, 3.05) is 4.90 Å². The number of allylic oxidation sites excluding steroid dienone is 2. The normalized spacial score (nSPS) is 24.3. The van der Waals surface area contributed by atoms with Crippen molar-refractivity contribution in [2.24, 2.45) is 11.8 Å². The number of para-hydroxylation sites is 1. The van der Waals surface area contributed by atoms with Crippen LogP contribution in [0.4, 0.5) is 5.69 Å². The maximum atomic E-state index is 14.1. The van der Waals surface area contributed by atoms with E-state index >= 15 is 0 Å². The number of carbonyl (C=O) groups is 4. The zero-order valence-electron chi connectivity index (χ0n) is 18.6. The zero-order valence-corrected chi connectivity index (χ0v) is 18.6. The van der Waals surface area contributed by atoms with Gasteiger partial charge in [-0.15, -0.1) is 0 Å². The highest BCUT2D eigenvalue weighted by atomic mass is 16.2. The highest BCUT2D eigenvalue weighted by Crippen LogP contribution is 2.56. The first-order valence-electron chi connectivity index (χ1n) is 11.0. The van der Waals surface area contributed by atoms with Gasteiger partial charge < -0.3 is 0 Å². The molecule has 0 N–H and O–H groups in total. The summed E-state index contributed by atoms with van der Waals surface area (Å²) >= 11 is 0. The van der Waals surface area contributed by atoms with Crippen molar-refractivity contribution in [3.8, 4) is 0 Å². The Balaban J connectivity index is 2.00. The largest absolute Gasteiger partial charge is 0.300 e. The summed E-state index contributed by atoms with van der Waals surface area (Å²) in [6, 6.07) is 16.1. The fourth-order valence-electron chi connectivity index (χ4n) is 5.43. The summed E-state index contributed by atoms with van der Waals surface area (Å²) in [6.07, 6.45) is 2.87. The van der Waals surface area contributed by atoms with Gasteiger partial charge in [-0.2, -0.15) is 0 Å². The van der Waals surface area contributed by atoms with Gasteiger partial charge in [0.05, 0.1) is 11.1 Å². The first-order valence-corrected chi connectivity index (χ1v) is 11.0. The lowest BCUT2D eigenvalue weighted by molar-refractivity contribution is -0.131. The first kappa shape index (κ1) is 21.9. The highest BCUT2D eigenvalue weighted by Gasteiger charge is 2.63. The third kappa shape index (κ3) is 3.24. The van der Waals surface area contributed by atoms with Crippen LogP contribution >= 0.6 is 0 Å². The Kier molecular flexibility index (Phi) is 5.68. The van der Waals surface area contributed by atoms with E-state index in [1.807, 2.05) is 31.2 Å². The molecule has 4 rings (SSSR count). The highest BCUT2D eigenvalue weighted by molar-refractivity contribution is 6.24. The van der Waals surface area contributed by atoms with Crippen LogP contribution in [0.5, 0.6) is 0 Å². The maximum Gasteiger partial charge on any atom is 0.245 e. The monoisotopic (exact) mass is 429 g/mol. The second kappa shape index (κ2) is 8.30. The van der Waals surface area contributed by atoms with Crippen molar-refractivity contribution in [3.05, 3.63) is 77.4 Å². The predicted octanol–water partition coefficient (Wildman–Crippen LogP) is 4.65. The molecule has 0 saturated heterocycles. The lowest BCUT2D eigenvalue weighted by atomic mass is 9.55. The van der Waals surface area contributed by atoms with Gasteiger partial charge in [0.25, 0.3) is 0 Å². The quantitative estimate of drug-likeness (QED) is 0.512. The molecule has 164 valence electrons. The predicted molar refractivity (Wildman–Crippen MR) is 122 cm³/mol. The molecule has 32 heavy (non-hydrogen) atoms. The number of carbonyl (C=O) groups excluding carboxylic acids is 4. The first-order chi connectivity index (χ1) is 15.3. The van der Waals surface area contributed by atoms with E-state index in [-0.39, 0.29) is 18.0 Å². The summed E-state index contributed by atoms with van der Waals surface area (Å²) in [4.78, 5) is 54.4. The van der Waals surface area contributed by atoms with E-state index < -0.39 is 29.1 Å². The van der Waals surface area contributed by atoms with Crippen LogP contribution in [0.1, 0.15) is 56.0 Å². The molecule has 0 fully saturated rings. The van der Waals surface area contributed by atoms with Crippen LogP contribution in [-0.4, -0.2) is 23.4 Å². The molecule has 0 aromatic heterocycles. The number of rotatable bonds is 5. The van der Waals surface area contributed by atoms with Crippen molar-refractivity contribution < 1.29 is 19.2 Å². The maximum absolute atomic E-state index is 14.1. The standard InChI is InChI=1S/C27H27NO4/c1-4-21(30)16-20-14-17(2)15-23(25(31)19-10-6-5-7-11-19)27(20)22-12-8-9-13-24(22)28(18(3)29)26(27)32/h5-14,20,23H,4,15-16H2,1-3H3/t20-,23-,27-/m1/s1. The Hall–Kier alpha value is -3.34. The van der Waals surface area contributed by atoms with Crippen LogP contribution in [0.3, 0.4) is 0 Å². The van der Waals surface area contributed by atoms with Crippen molar-refractivity contribution in [1.29, 1.82) is 0 Å². The van der Waals surface area contributed by atoms with Gasteiger partial charge in [-0.25, -0.2) is 4.90 Å². The lowest BCUT2D eigenvalue weighted by Crippen LogP contribution is -2.55. The SMILES string of the molecule is CCC(=O)C[C@H]1C=C(C)C[C@H](C(=O)c2ccccc2)[C@@]12C(=O)N(C(C)=O)c1ccccc12. The van der Waals surface area contributed by atoms with E-state index in [1.54, 1.807) is 43.3 Å². The van der Waals surface area contributed by atoms with Crippen LogP contribution in [0.15, 0.2) is 66.2 Å². The molecule has 1 aliphatic carbocycles. The van der Waals surface area contributed by atoms with Gasteiger partial charge in [-0.1, -0.05) is 67.1 Å². The summed E-state index contributed by atoms with van der Waals surface area (Å²) in [5, 5.41) is 0. The molecule has 1 aliphatic heterocycles. The molecule has 5 nitrogen and oxygen atoms in total. The van der Waals surface area contributed by atoms with Crippen LogP contribution in [0.2, 0.25) is 0 Å². The second-order valence-electron chi connectivity index (χ2n) is 8.75. The average Bonchev–Trinajstić information content (AvgIpc) is 3.05. The number of hydrogen-bond acceptors (Lipinski definition) is 4. The van der Waals surface area contributed by atoms with E-state index in [4.69, 9.17) is 0 Å². The number of anilines is 1. The van der Waals surface area contributed by atoms with Gasteiger partial charge >= 0.3 is 0 Å². The number of hydrogen-bond donors (Lipinski definition) is 0. The Morgan fingerprint density at radius 2 is 1.69 bits per heavy atom. The van der Waals surface area contributed by atoms with E-state index in [0.717, 1.165) is 5.57 Å². The Morgan fingerprint density at radius 3 is 2.34 bits per heavy atom. The molecule has 5 heteroatoms.